The van der Waals surface area contributed by atoms with Gasteiger partial charge in [-0.1, -0.05) is 57.1 Å². The van der Waals surface area contributed by atoms with Crippen molar-refractivity contribution in [1.29, 1.82) is 5.41 Å². The minimum Gasteiger partial charge on any atom is -0.508 e. The molecule has 2 aliphatic heterocycles. The number of aromatic hydroxyl groups is 5. The minimum absolute atomic E-state index is 0.00454. The van der Waals surface area contributed by atoms with Gasteiger partial charge in [0.05, 0.1) is 62.0 Å². The number of carboxylic acid groups (broad SMARTS) is 5. The first-order chi connectivity index (χ1) is 60.5. The van der Waals surface area contributed by atoms with Crippen molar-refractivity contribution in [1.82, 2.24) is 81.4 Å². The number of carbonyl (C=O) groups is 13. The third-order valence-corrected chi connectivity index (χ3v) is 21.0. The summed E-state index contributed by atoms with van der Waals surface area (Å²) in [6, 6.07) is 13.9. The molecule has 0 saturated carbocycles. The van der Waals surface area contributed by atoms with Gasteiger partial charge in [0.15, 0.2) is 5.82 Å². The lowest BCUT2D eigenvalue weighted by Crippen LogP contribution is -2.51. The highest BCUT2D eigenvalue weighted by molar-refractivity contribution is 6.22. The maximum atomic E-state index is 14.1. The second-order valence-corrected chi connectivity index (χ2v) is 31.0. The maximum absolute atomic E-state index is 14.1. The zero-order valence-electron chi connectivity index (χ0n) is 71.5. The van der Waals surface area contributed by atoms with Gasteiger partial charge in [0, 0.05) is 169 Å². The molecule has 0 unspecified atom stereocenters. The number of urea groups is 1. The number of amidine groups is 1. The van der Waals surface area contributed by atoms with Gasteiger partial charge in [-0.05, 0) is 89.8 Å². The molecule has 5 aromatic rings. The van der Waals surface area contributed by atoms with Crippen LogP contribution in [0.25, 0.3) is 17.1 Å². The van der Waals surface area contributed by atoms with E-state index in [1.807, 2.05) is 39.8 Å². The van der Waals surface area contributed by atoms with Crippen LogP contribution in [0.15, 0.2) is 72.8 Å². The second kappa shape index (κ2) is 51.0. The highest BCUT2D eigenvalue weighted by Crippen LogP contribution is 2.39. The molecule has 2 saturated heterocycles. The molecule has 3 atom stereocenters. The molecule has 20 N–H and O–H groups in total. The van der Waals surface area contributed by atoms with Crippen molar-refractivity contribution in [3.8, 4) is 46.1 Å². The number of phenols is 4. The van der Waals surface area contributed by atoms with E-state index in [9.17, 15) is 103 Å². The summed E-state index contributed by atoms with van der Waals surface area (Å²) < 4.78 is 12.3. The number of phenolic OH excluding ortho intramolecular Hbond substituents is 4. The lowest BCUT2D eigenvalue weighted by molar-refractivity contribution is -0.145. The van der Waals surface area contributed by atoms with Crippen LogP contribution in [0.3, 0.4) is 0 Å². The van der Waals surface area contributed by atoms with Crippen LogP contribution in [-0.4, -0.2) is 354 Å². The van der Waals surface area contributed by atoms with Crippen LogP contribution in [0.2, 0.25) is 0 Å². The van der Waals surface area contributed by atoms with Crippen LogP contribution in [0, 0.1) is 5.41 Å². The maximum Gasteiger partial charge on any atom is 0.325 e. The Bertz CT molecular complexity index is 4600. The highest BCUT2D eigenvalue weighted by atomic mass is 16.5. The quantitative estimate of drug-likeness (QED) is 0.0134. The number of piperazine rings is 2. The summed E-state index contributed by atoms with van der Waals surface area (Å²) >= 11 is 0. The van der Waals surface area contributed by atoms with Crippen LogP contribution in [0.5, 0.6) is 29.0 Å². The summed E-state index contributed by atoms with van der Waals surface area (Å²) in [5.74, 6) is -11.7. The molecule has 0 radical (unpaired) electrons. The van der Waals surface area contributed by atoms with Gasteiger partial charge < -0.3 is 113 Å². The van der Waals surface area contributed by atoms with Crippen molar-refractivity contribution in [2.75, 3.05) is 162 Å². The molecule has 44 heteroatoms. The molecule has 0 spiro atoms. The van der Waals surface area contributed by atoms with Crippen molar-refractivity contribution in [2.45, 2.75) is 122 Å². The second-order valence-electron chi connectivity index (χ2n) is 31.0. The SMILES string of the molecule is CC(C)c1cc(C(=N)N(C(N)=O)c2ccc(CN3CCN(C(=O)CCNC(=O)[C@@H](CCC(=O)N4CCN(Cc5ccc(-n6c(O)nnc6-c6cc(C(C)C)c(O)cc6O)cc5)CC4)NC(=O)CCNC(=O)[C@@H](CCC(=O)O)NC(=O)COCCOCCNC(=O)CC[C@H](C(=O)O)N(CCNCC(=O)O)CCN(CCNCC(=O)O)CC(=O)O)CC3)cc2)c(O)cc1O. The van der Waals surface area contributed by atoms with E-state index >= 15 is 0 Å². The van der Waals surface area contributed by atoms with Crippen LogP contribution in [-0.2, 0) is 80.1 Å². The zero-order chi connectivity index (χ0) is 93.0. The van der Waals surface area contributed by atoms with E-state index in [4.69, 9.17) is 30.8 Å². The van der Waals surface area contributed by atoms with Crippen LogP contribution in [0.1, 0.15) is 119 Å². The Hall–Kier alpha value is -12.7. The monoisotopic (exact) mass is 1780 g/mol. The summed E-state index contributed by atoms with van der Waals surface area (Å²) in [6.07, 6.45) is -2.34. The number of nitrogens with one attached hydrogen (secondary N) is 8. The third kappa shape index (κ3) is 33.3. The molecule has 3 heterocycles. The Kier molecular flexibility index (Phi) is 40.7. The molecule has 127 heavy (non-hydrogen) atoms. The lowest BCUT2D eigenvalue weighted by Gasteiger charge is -2.35. The standard InChI is InChI=1S/C83H117N19O25/c1-51(2)57-41-59(66(105)43-64(57)103)77(84)101(82(85)124)55-9-5-53(6-10-55)47-97-31-36-100(37-32-97)72(111)20-22-90-79(120)61(13-17-71(110)99-34-29-96(30-35-99)48-54-7-11-56(12-8-54)102-78(93-94-83(102)125)60-42-58(52(3)4)65(104)44-67(60)106)91-69(108)19-21-89-80(121)62(14-18-73(112)113)92-70(109)50-127-40-39-126-38-25-88-68(107)16-15-63(81(122)123)98(27-24-87-46-75(116)117)33-28-95(49-76(118)119)26-23-86-45-74(114)115/h5-12,41-44,51-52,61-63,84,86-87,103-106H,13-40,45-50H2,1-4H3,(H2,85,124)(H,88,107)(H,89,121)(H,90,120)(H,91,108)(H,92,109)(H,94,125)(H,112,113)(H,114,115)(H,116,117)(H,118,119)(H,122,123)/t61-,62-,63-/m1/s1. The number of amides is 9. The van der Waals surface area contributed by atoms with Gasteiger partial charge in [-0.25, -0.2) is 14.3 Å². The number of benzene rings is 4. The van der Waals surface area contributed by atoms with Gasteiger partial charge in [0.1, 0.15) is 53.6 Å². The first kappa shape index (κ1) is 101. The minimum atomic E-state index is -1.42. The van der Waals surface area contributed by atoms with Crippen molar-refractivity contribution < 1.29 is 123 Å². The lowest BCUT2D eigenvalue weighted by atomic mass is 9.98. The summed E-state index contributed by atoms with van der Waals surface area (Å²) in [7, 11) is 0. The van der Waals surface area contributed by atoms with Crippen molar-refractivity contribution in [3.05, 3.63) is 101 Å². The van der Waals surface area contributed by atoms with E-state index in [1.54, 1.807) is 52.3 Å². The molecule has 1 aromatic heterocycles. The molecule has 44 nitrogen and oxygen atoms in total. The molecule has 2 fully saturated rings. The van der Waals surface area contributed by atoms with Crippen LogP contribution < -0.4 is 47.9 Å². The number of aromatic nitrogens is 3. The third-order valence-electron chi connectivity index (χ3n) is 21.0. The van der Waals surface area contributed by atoms with Crippen LogP contribution >= 0.6 is 0 Å². The average molecular weight is 1780 g/mol. The number of primary amides is 1. The summed E-state index contributed by atoms with van der Waals surface area (Å²) in [5.41, 5.74) is 9.49. The molecule has 0 aliphatic carbocycles. The van der Waals surface area contributed by atoms with Gasteiger partial charge in [0.2, 0.25) is 41.4 Å². The molecule has 694 valence electrons. The average Bonchev–Trinajstić information content (AvgIpc) is 1.74. The number of carboxylic acids is 5. The first-order valence-electron chi connectivity index (χ1n) is 41.6. The predicted octanol–water partition coefficient (Wildman–Crippen LogP) is -0.345. The number of aliphatic carboxylic acids is 5. The number of anilines is 1. The molecule has 4 aromatic carbocycles. The largest absolute Gasteiger partial charge is 0.508 e. The molecule has 9 amide bonds. The van der Waals surface area contributed by atoms with Gasteiger partial charge in [-0.2, -0.15) is 0 Å². The fourth-order valence-electron chi connectivity index (χ4n) is 14.2. The number of rotatable bonds is 54. The summed E-state index contributed by atoms with van der Waals surface area (Å²) in [5, 5.41) is 135. The van der Waals surface area contributed by atoms with Crippen molar-refractivity contribution in [2.24, 2.45) is 5.73 Å². The number of hydrogen-bond acceptors (Lipinski definition) is 29. The Morgan fingerprint density at radius 3 is 1.58 bits per heavy atom. The highest BCUT2D eigenvalue weighted by Gasteiger charge is 2.32. The smallest absolute Gasteiger partial charge is 0.325 e. The Labute approximate surface area is 732 Å². The number of nitrogens with two attached hydrogens (primary N) is 1. The van der Waals surface area contributed by atoms with E-state index in [1.165, 1.54) is 26.5 Å². The summed E-state index contributed by atoms with van der Waals surface area (Å²) in [6.45, 7) is 9.10. The number of nitrogens with zero attached hydrogens (tertiary/aromatic N) is 10. The molecular weight excluding hydrogens is 1660 g/mol. The van der Waals surface area contributed by atoms with E-state index in [2.05, 4.69) is 57.2 Å². The van der Waals surface area contributed by atoms with Gasteiger partial charge in [-0.3, -0.25) is 82.5 Å². The van der Waals surface area contributed by atoms with Crippen molar-refractivity contribution >= 4 is 88.8 Å². The van der Waals surface area contributed by atoms with Crippen LogP contribution in [0.4, 0.5) is 10.5 Å². The van der Waals surface area contributed by atoms with E-state index in [-0.39, 0.29) is 187 Å². The molecule has 2 aliphatic rings. The number of carbonyl (C=O) groups excluding carboxylic acids is 8. The van der Waals surface area contributed by atoms with E-state index in [0.29, 0.717) is 82.3 Å². The fourth-order valence-corrected chi connectivity index (χ4v) is 14.2. The zero-order valence-corrected chi connectivity index (χ0v) is 71.5. The molecule has 7 rings (SSSR count). The molecular formula is C83H117N19O25. The Balaban J connectivity index is 0.882. The van der Waals surface area contributed by atoms with E-state index < -0.39 is 134 Å². The van der Waals surface area contributed by atoms with Crippen molar-refractivity contribution in [3.63, 3.8) is 0 Å². The fraction of sp³-hybridized carbons (Fsp3) is 0.518. The van der Waals surface area contributed by atoms with Gasteiger partial charge in [0.25, 0.3) is 0 Å². The Morgan fingerprint density at radius 2 is 1.03 bits per heavy atom. The predicted molar refractivity (Wildman–Crippen MR) is 456 cm³/mol. The number of hydrogen-bond donors (Lipinski definition) is 19. The van der Waals surface area contributed by atoms with Gasteiger partial charge in [-0.15, -0.1) is 5.10 Å². The normalized spacial score (nSPS) is 13.8. The first-order valence-corrected chi connectivity index (χ1v) is 41.6. The molecule has 0 bridgehead atoms. The number of ether oxygens (including phenoxy) is 2. The topological polar surface area (TPSA) is 630 Å². The summed E-state index contributed by atoms with van der Waals surface area (Å²) in [4.78, 5) is 177. The Morgan fingerprint density at radius 1 is 0.504 bits per heavy atom. The van der Waals surface area contributed by atoms with Gasteiger partial charge >= 0.3 is 41.9 Å². The van der Waals surface area contributed by atoms with E-state index in [0.717, 1.165) is 22.1 Å².